The van der Waals surface area contributed by atoms with Gasteiger partial charge in [-0.15, -0.1) is 10.2 Å². The summed E-state index contributed by atoms with van der Waals surface area (Å²) in [6, 6.07) is 3.30. The van der Waals surface area contributed by atoms with Crippen molar-refractivity contribution in [3.05, 3.63) is 35.1 Å². The van der Waals surface area contributed by atoms with Gasteiger partial charge in [-0.25, -0.2) is 12.8 Å². The molecule has 2 heterocycles. The number of halogens is 1. The number of carbonyl (C=O) groups excluding carboxylic acids is 1. The first-order chi connectivity index (χ1) is 11.9. The second kappa shape index (κ2) is 7.14. The van der Waals surface area contributed by atoms with Crippen molar-refractivity contribution in [1.82, 2.24) is 14.5 Å². The van der Waals surface area contributed by atoms with Gasteiger partial charge in [-0.3, -0.25) is 10.1 Å². The van der Waals surface area contributed by atoms with E-state index in [9.17, 15) is 17.6 Å². The van der Waals surface area contributed by atoms with Crippen LogP contribution >= 0.6 is 11.3 Å². The molecule has 1 fully saturated rings. The van der Waals surface area contributed by atoms with E-state index >= 15 is 0 Å². The first kappa shape index (κ1) is 17.9. The summed E-state index contributed by atoms with van der Waals surface area (Å²) in [5.41, 5.74) is 1.49. The zero-order valence-electron chi connectivity index (χ0n) is 13.5. The van der Waals surface area contributed by atoms with E-state index in [1.807, 2.05) is 0 Å². The van der Waals surface area contributed by atoms with Crippen LogP contribution in [0.3, 0.4) is 0 Å². The lowest BCUT2D eigenvalue weighted by Crippen LogP contribution is -2.38. The van der Waals surface area contributed by atoms with Gasteiger partial charge in [-0.05, 0) is 37.0 Å². The van der Waals surface area contributed by atoms with Crippen LogP contribution < -0.4 is 5.32 Å². The third kappa shape index (κ3) is 3.86. The molecule has 0 radical (unpaired) electrons. The number of nitrogens with one attached hydrogen (secondary N) is 1. The summed E-state index contributed by atoms with van der Waals surface area (Å²) in [7, 11) is -3.98. The minimum Gasteiger partial charge on any atom is -0.296 e. The molecule has 1 amide bonds. The van der Waals surface area contributed by atoms with Crippen LogP contribution in [0.5, 0.6) is 0 Å². The van der Waals surface area contributed by atoms with Gasteiger partial charge in [0.2, 0.25) is 15.2 Å². The van der Waals surface area contributed by atoms with E-state index in [1.54, 1.807) is 0 Å². The van der Waals surface area contributed by atoms with Crippen LogP contribution in [-0.2, 0) is 10.0 Å². The van der Waals surface area contributed by atoms with E-state index in [0.29, 0.717) is 19.0 Å². The fourth-order valence-electron chi connectivity index (χ4n) is 2.60. The van der Waals surface area contributed by atoms with Crippen molar-refractivity contribution in [3.8, 4) is 0 Å². The van der Waals surface area contributed by atoms with E-state index < -0.39 is 26.6 Å². The van der Waals surface area contributed by atoms with Gasteiger partial charge in [0.05, 0.1) is 0 Å². The Morgan fingerprint density at radius 2 is 2.08 bits per heavy atom. The van der Waals surface area contributed by atoms with Gasteiger partial charge in [-0.1, -0.05) is 18.3 Å². The standard InChI is InChI=1S/C15H17FN4O3S2/c1-10-4-6-20(7-5-10)25(22,23)13-8-11(2-3-12(13)16)14(21)18-15-19-17-9-24-15/h2-3,8-10H,4-7H2,1H3,(H,18,19,21). The van der Waals surface area contributed by atoms with E-state index in [1.165, 1.54) is 15.9 Å². The first-order valence-corrected chi connectivity index (χ1v) is 10.1. The van der Waals surface area contributed by atoms with E-state index in [2.05, 4.69) is 22.4 Å². The van der Waals surface area contributed by atoms with Crippen molar-refractivity contribution >= 4 is 32.4 Å². The summed E-state index contributed by atoms with van der Waals surface area (Å²) in [6.07, 6.45) is 1.47. The molecule has 2 aromatic rings. The SMILES string of the molecule is CC1CCN(S(=O)(=O)c2cc(C(=O)Nc3nncs3)ccc2F)CC1. The van der Waals surface area contributed by atoms with E-state index in [0.717, 1.165) is 36.3 Å². The fourth-order valence-corrected chi connectivity index (χ4v) is 4.60. The topological polar surface area (TPSA) is 92.3 Å². The average molecular weight is 384 g/mol. The molecule has 0 saturated carbocycles. The van der Waals surface area contributed by atoms with Crippen LogP contribution in [-0.4, -0.2) is 41.9 Å². The number of hydrogen-bond acceptors (Lipinski definition) is 6. The van der Waals surface area contributed by atoms with Gasteiger partial charge >= 0.3 is 0 Å². The zero-order chi connectivity index (χ0) is 18.0. The molecule has 1 aliphatic heterocycles. The molecule has 25 heavy (non-hydrogen) atoms. The summed E-state index contributed by atoms with van der Waals surface area (Å²) >= 11 is 1.13. The van der Waals surface area contributed by atoms with Crippen LogP contribution in [0.4, 0.5) is 9.52 Å². The van der Waals surface area contributed by atoms with Crippen molar-refractivity contribution < 1.29 is 17.6 Å². The Labute approximate surface area is 148 Å². The van der Waals surface area contributed by atoms with Gasteiger partial charge in [-0.2, -0.15) is 4.31 Å². The van der Waals surface area contributed by atoms with Crippen molar-refractivity contribution in [2.45, 2.75) is 24.7 Å². The summed E-state index contributed by atoms with van der Waals surface area (Å²) in [5, 5.41) is 10.1. The number of rotatable bonds is 4. The summed E-state index contributed by atoms with van der Waals surface area (Å²) in [6.45, 7) is 2.76. The molecular formula is C15H17FN4O3S2. The summed E-state index contributed by atoms with van der Waals surface area (Å²) in [4.78, 5) is 11.7. The Hall–Kier alpha value is -1.91. The Morgan fingerprint density at radius 3 is 2.72 bits per heavy atom. The fraction of sp³-hybridized carbons (Fsp3) is 0.400. The van der Waals surface area contributed by atoms with Crippen molar-refractivity contribution in [2.24, 2.45) is 5.92 Å². The predicted octanol–water partition coefficient (Wildman–Crippen LogP) is 2.35. The van der Waals surface area contributed by atoms with Gasteiger partial charge in [0.1, 0.15) is 16.2 Å². The highest BCUT2D eigenvalue weighted by Crippen LogP contribution is 2.26. The number of piperidine rings is 1. The normalized spacial score (nSPS) is 16.7. The monoisotopic (exact) mass is 384 g/mol. The molecule has 134 valence electrons. The van der Waals surface area contributed by atoms with Crippen molar-refractivity contribution in [2.75, 3.05) is 18.4 Å². The molecule has 1 N–H and O–H groups in total. The molecule has 1 aromatic carbocycles. The molecule has 0 bridgehead atoms. The third-order valence-electron chi connectivity index (χ3n) is 4.13. The molecule has 0 unspecified atom stereocenters. The molecule has 0 atom stereocenters. The lowest BCUT2D eigenvalue weighted by Gasteiger charge is -2.29. The molecule has 1 aliphatic rings. The molecule has 1 saturated heterocycles. The van der Waals surface area contributed by atoms with Gasteiger partial charge < -0.3 is 0 Å². The number of aromatic nitrogens is 2. The molecule has 10 heteroatoms. The number of sulfonamides is 1. The third-order valence-corrected chi connectivity index (χ3v) is 6.65. The number of hydrogen-bond donors (Lipinski definition) is 1. The minimum atomic E-state index is -3.98. The largest absolute Gasteiger partial charge is 0.296 e. The zero-order valence-corrected chi connectivity index (χ0v) is 15.1. The second-order valence-corrected chi connectivity index (χ2v) is 8.67. The summed E-state index contributed by atoms with van der Waals surface area (Å²) in [5.74, 6) is -0.994. The van der Waals surface area contributed by atoms with Crippen LogP contribution in [0.25, 0.3) is 0 Å². The minimum absolute atomic E-state index is 0.0422. The lowest BCUT2D eigenvalue weighted by molar-refractivity contribution is 0.102. The molecule has 0 aliphatic carbocycles. The molecule has 3 rings (SSSR count). The van der Waals surface area contributed by atoms with Crippen LogP contribution in [0.2, 0.25) is 0 Å². The number of amides is 1. The van der Waals surface area contributed by atoms with E-state index in [-0.39, 0.29) is 10.7 Å². The number of nitrogens with zero attached hydrogens (tertiary/aromatic N) is 3. The summed E-state index contributed by atoms with van der Waals surface area (Å²) < 4.78 is 40.9. The quantitative estimate of drug-likeness (QED) is 0.874. The van der Waals surface area contributed by atoms with Crippen molar-refractivity contribution in [3.63, 3.8) is 0 Å². The Morgan fingerprint density at radius 1 is 1.36 bits per heavy atom. The van der Waals surface area contributed by atoms with Gasteiger partial charge in [0, 0.05) is 18.7 Å². The van der Waals surface area contributed by atoms with E-state index in [4.69, 9.17) is 0 Å². The number of anilines is 1. The maximum atomic E-state index is 14.2. The van der Waals surface area contributed by atoms with Gasteiger partial charge in [0.15, 0.2) is 0 Å². The Balaban J connectivity index is 1.87. The van der Waals surface area contributed by atoms with Crippen LogP contribution in [0.1, 0.15) is 30.1 Å². The maximum absolute atomic E-state index is 14.2. The van der Waals surface area contributed by atoms with Crippen LogP contribution in [0.15, 0.2) is 28.6 Å². The Bertz CT molecular complexity index is 863. The van der Waals surface area contributed by atoms with Crippen molar-refractivity contribution in [1.29, 1.82) is 0 Å². The molecule has 1 aromatic heterocycles. The number of benzene rings is 1. The lowest BCUT2D eigenvalue weighted by atomic mass is 10.0. The predicted molar refractivity (Wildman–Crippen MR) is 91.4 cm³/mol. The second-order valence-electron chi connectivity index (χ2n) is 5.93. The first-order valence-electron chi connectivity index (χ1n) is 7.75. The molecular weight excluding hydrogens is 367 g/mol. The molecule has 7 nitrogen and oxygen atoms in total. The maximum Gasteiger partial charge on any atom is 0.257 e. The number of carbonyl (C=O) groups is 1. The van der Waals surface area contributed by atoms with Gasteiger partial charge in [0.25, 0.3) is 5.91 Å². The smallest absolute Gasteiger partial charge is 0.257 e. The highest BCUT2D eigenvalue weighted by atomic mass is 32.2. The van der Waals surface area contributed by atoms with Crippen LogP contribution in [0, 0.1) is 11.7 Å². The average Bonchev–Trinajstić information content (AvgIpc) is 3.08. The molecule has 0 spiro atoms. The Kier molecular flexibility index (Phi) is 5.11. The highest BCUT2D eigenvalue weighted by molar-refractivity contribution is 7.89. The highest BCUT2D eigenvalue weighted by Gasteiger charge is 2.31.